The monoisotopic (exact) mass is 465 g/mol. The summed E-state index contributed by atoms with van der Waals surface area (Å²) in [6.07, 6.45) is 10.9. The summed E-state index contributed by atoms with van der Waals surface area (Å²) in [5, 5.41) is 3.29. The van der Waals surface area contributed by atoms with Gasteiger partial charge < -0.3 is 10.2 Å². The molecule has 0 spiro atoms. The van der Waals surface area contributed by atoms with Crippen LogP contribution in [-0.2, 0) is 17.8 Å². The molecular formula is C25H28ClN5O2. The van der Waals surface area contributed by atoms with Crippen LogP contribution in [0, 0.1) is 29.6 Å². The van der Waals surface area contributed by atoms with Crippen molar-refractivity contribution < 1.29 is 9.59 Å². The van der Waals surface area contributed by atoms with E-state index in [0.29, 0.717) is 43.2 Å². The molecule has 0 radical (unpaired) electrons. The summed E-state index contributed by atoms with van der Waals surface area (Å²) < 4.78 is 0. The molecule has 2 amide bonds. The van der Waals surface area contributed by atoms with Crippen LogP contribution in [0.1, 0.15) is 60.1 Å². The zero-order chi connectivity index (χ0) is 22.5. The van der Waals surface area contributed by atoms with E-state index in [4.69, 9.17) is 11.6 Å². The highest BCUT2D eigenvalue weighted by Gasteiger charge is 2.48. The van der Waals surface area contributed by atoms with Gasteiger partial charge in [0.1, 0.15) is 17.3 Å². The molecule has 8 heteroatoms. The molecule has 1 aliphatic heterocycles. The van der Waals surface area contributed by atoms with Gasteiger partial charge in [0, 0.05) is 24.7 Å². The molecule has 5 aliphatic rings. The number of fused-ring (bicyclic) bond motifs is 1. The molecule has 0 saturated heterocycles. The molecule has 172 valence electrons. The van der Waals surface area contributed by atoms with Gasteiger partial charge in [0.15, 0.2) is 0 Å². The fraction of sp³-hybridized carbons (Fsp3) is 0.560. The van der Waals surface area contributed by atoms with Crippen molar-refractivity contribution in [2.24, 2.45) is 29.6 Å². The zero-order valence-corrected chi connectivity index (χ0v) is 19.3. The van der Waals surface area contributed by atoms with E-state index in [1.54, 1.807) is 23.2 Å². The number of hydrogen-bond donors (Lipinski definition) is 1. The molecule has 2 aromatic rings. The molecule has 0 aromatic carbocycles. The fourth-order valence-corrected chi connectivity index (χ4v) is 7.32. The van der Waals surface area contributed by atoms with Gasteiger partial charge in [-0.2, -0.15) is 0 Å². The molecule has 0 atom stereocenters. The highest BCUT2D eigenvalue weighted by molar-refractivity contribution is 6.32. The van der Waals surface area contributed by atoms with E-state index in [1.165, 1.54) is 38.4 Å². The molecule has 33 heavy (non-hydrogen) atoms. The van der Waals surface area contributed by atoms with Crippen molar-refractivity contribution >= 4 is 29.2 Å². The maximum absolute atomic E-state index is 13.0. The van der Waals surface area contributed by atoms with Crippen molar-refractivity contribution in [3.8, 4) is 0 Å². The second-order valence-electron chi connectivity index (χ2n) is 10.3. The largest absolute Gasteiger partial charge is 0.332 e. The summed E-state index contributed by atoms with van der Waals surface area (Å²) in [6.45, 7) is 0.878. The van der Waals surface area contributed by atoms with Gasteiger partial charge in [-0.15, -0.1) is 0 Å². The third-order valence-corrected chi connectivity index (χ3v) is 8.69. The Kier molecular flexibility index (Phi) is 5.32. The summed E-state index contributed by atoms with van der Waals surface area (Å²) in [4.78, 5) is 40.5. The number of halogens is 1. The number of amides is 2. The van der Waals surface area contributed by atoms with Gasteiger partial charge in [0.05, 0.1) is 17.8 Å². The summed E-state index contributed by atoms with van der Waals surface area (Å²) in [6, 6.07) is 3.39. The third-order valence-electron chi connectivity index (χ3n) is 8.38. The number of anilines is 1. The van der Waals surface area contributed by atoms with Crippen molar-refractivity contribution in [1.29, 1.82) is 0 Å². The average Bonchev–Trinajstić information content (AvgIpc) is 2.81. The average molecular weight is 466 g/mol. The summed E-state index contributed by atoms with van der Waals surface area (Å²) in [7, 11) is 0. The Hall–Kier alpha value is -2.54. The normalized spacial score (nSPS) is 29.6. The smallest absolute Gasteiger partial charge is 0.257 e. The second-order valence-corrected chi connectivity index (χ2v) is 10.7. The number of pyridine rings is 1. The summed E-state index contributed by atoms with van der Waals surface area (Å²) in [5.41, 5.74) is 2.09. The van der Waals surface area contributed by atoms with Crippen molar-refractivity contribution in [2.75, 3.05) is 11.9 Å². The fourth-order valence-electron chi connectivity index (χ4n) is 7.12. The van der Waals surface area contributed by atoms with E-state index < -0.39 is 0 Å². The number of aromatic nitrogens is 3. The molecule has 2 aromatic heterocycles. The van der Waals surface area contributed by atoms with Crippen molar-refractivity contribution in [1.82, 2.24) is 19.9 Å². The topological polar surface area (TPSA) is 88.1 Å². The van der Waals surface area contributed by atoms with Crippen molar-refractivity contribution in [2.45, 2.75) is 51.5 Å². The summed E-state index contributed by atoms with van der Waals surface area (Å²) in [5.74, 6) is 4.29. The lowest BCUT2D eigenvalue weighted by Crippen LogP contribution is -2.46. The quantitative estimate of drug-likeness (QED) is 0.686. The van der Waals surface area contributed by atoms with Gasteiger partial charge >= 0.3 is 0 Å². The first kappa shape index (κ1) is 21.0. The minimum Gasteiger partial charge on any atom is -0.332 e. The third kappa shape index (κ3) is 3.90. The first-order valence-electron chi connectivity index (χ1n) is 12.1. The Labute approximate surface area is 198 Å². The van der Waals surface area contributed by atoms with E-state index in [1.807, 2.05) is 0 Å². The van der Waals surface area contributed by atoms with Gasteiger partial charge in [-0.3, -0.25) is 9.59 Å². The Morgan fingerprint density at radius 2 is 1.82 bits per heavy atom. The van der Waals surface area contributed by atoms with E-state index in [-0.39, 0.29) is 17.0 Å². The lowest BCUT2D eigenvalue weighted by atomic mass is 9.51. The van der Waals surface area contributed by atoms with E-state index in [2.05, 4.69) is 20.3 Å². The van der Waals surface area contributed by atoms with Crippen LogP contribution in [0.5, 0.6) is 0 Å². The van der Waals surface area contributed by atoms with Crippen LogP contribution in [0.25, 0.3) is 0 Å². The van der Waals surface area contributed by atoms with Crippen LogP contribution in [0.3, 0.4) is 0 Å². The van der Waals surface area contributed by atoms with Crippen molar-refractivity contribution in [3.05, 3.63) is 46.6 Å². The maximum atomic E-state index is 13.0. The first-order chi connectivity index (χ1) is 16.0. The van der Waals surface area contributed by atoms with Gasteiger partial charge in [-0.25, -0.2) is 15.0 Å². The lowest BCUT2D eigenvalue weighted by Gasteiger charge is -2.54. The van der Waals surface area contributed by atoms with Crippen LogP contribution >= 0.6 is 11.6 Å². The van der Waals surface area contributed by atoms with Crippen molar-refractivity contribution in [3.63, 3.8) is 0 Å². The lowest BCUT2D eigenvalue weighted by molar-refractivity contribution is -0.121. The standard InChI is InChI=1S/C25H28ClN5O2/c26-23-19(2-1-4-27-23)25(33)31-5-3-18-21(12-31)28-13-29-24(18)30-22(32)11-20-16-7-14-6-15(9-16)10-17(20)8-14/h1-2,4,13-17,20H,3,5-12H2,(H,28,29,30,32). The summed E-state index contributed by atoms with van der Waals surface area (Å²) >= 11 is 6.11. The number of nitrogens with one attached hydrogen (secondary N) is 1. The van der Waals surface area contributed by atoms with Crippen LogP contribution in [0.15, 0.2) is 24.7 Å². The predicted molar refractivity (Wildman–Crippen MR) is 124 cm³/mol. The van der Waals surface area contributed by atoms with E-state index in [0.717, 1.165) is 34.9 Å². The molecule has 4 fully saturated rings. The maximum Gasteiger partial charge on any atom is 0.257 e. The highest BCUT2D eigenvalue weighted by atomic mass is 35.5. The number of nitrogens with zero attached hydrogens (tertiary/aromatic N) is 4. The van der Waals surface area contributed by atoms with Crippen LogP contribution in [0.4, 0.5) is 5.82 Å². The molecule has 7 nitrogen and oxygen atoms in total. The number of carbonyl (C=O) groups is 2. The first-order valence-corrected chi connectivity index (χ1v) is 12.5. The van der Waals surface area contributed by atoms with E-state index >= 15 is 0 Å². The van der Waals surface area contributed by atoms with Crippen LogP contribution in [-0.4, -0.2) is 38.2 Å². The minimum atomic E-state index is -0.162. The van der Waals surface area contributed by atoms with Gasteiger partial charge in [-0.1, -0.05) is 11.6 Å². The number of carbonyl (C=O) groups excluding carboxylic acids is 2. The molecule has 4 aliphatic carbocycles. The molecular weight excluding hydrogens is 438 g/mol. The Bertz CT molecular complexity index is 1080. The Balaban J connectivity index is 1.14. The molecule has 4 bridgehead atoms. The Morgan fingerprint density at radius 3 is 2.55 bits per heavy atom. The predicted octanol–water partition coefficient (Wildman–Crippen LogP) is 4.12. The molecule has 7 rings (SSSR count). The van der Waals surface area contributed by atoms with E-state index in [9.17, 15) is 9.59 Å². The van der Waals surface area contributed by atoms with Crippen LogP contribution < -0.4 is 5.32 Å². The van der Waals surface area contributed by atoms with Gasteiger partial charge in [-0.05, 0) is 80.2 Å². The van der Waals surface area contributed by atoms with Gasteiger partial charge in [0.2, 0.25) is 5.91 Å². The Morgan fingerprint density at radius 1 is 1.06 bits per heavy atom. The minimum absolute atomic E-state index is 0.0639. The highest BCUT2D eigenvalue weighted by Crippen LogP contribution is 2.57. The molecule has 0 unspecified atom stereocenters. The zero-order valence-electron chi connectivity index (χ0n) is 18.5. The SMILES string of the molecule is O=C(CC1C2CC3CC(C2)CC1C3)Nc1ncnc2c1CCN(C(=O)c1cccnc1Cl)C2. The van der Waals surface area contributed by atoms with Crippen LogP contribution in [0.2, 0.25) is 5.15 Å². The number of rotatable bonds is 4. The van der Waals surface area contributed by atoms with Gasteiger partial charge in [0.25, 0.3) is 5.91 Å². The number of hydrogen-bond acceptors (Lipinski definition) is 5. The molecule has 4 saturated carbocycles. The second kappa shape index (κ2) is 8.35. The molecule has 3 heterocycles. The molecule has 1 N–H and O–H groups in total.